The van der Waals surface area contributed by atoms with E-state index in [1.807, 2.05) is 0 Å². The Balaban J connectivity index is 2.46. The Morgan fingerprint density at radius 2 is 2.15 bits per heavy atom. The van der Waals surface area contributed by atoms with E-state index in [1.54, 1.807) is 19.1 Å². The van der Waals surface area contributed by atoms with Crippen molar-refractivity contribution in [2.45, 2.75) is 6.92 Å². The van der Waals surface area contributed by atoms with Crippen molar-refractivity contribution in [1.82, 2.24) is 0 Å². The van der Waals surface area contributed by atoms with E-state index in [1.165, 1.54) is 24.3 Å². The number of rotatable bonds is 5. The molecule has 4 nitrogen and oxygen atoms in total. The minimum absolute atomic E-state index is 0.0279. The molecular weight excluding hydrogens is 285 g/mol. The number of anilines is 1. The maximum Gasteiger partial charge on any atom is 0.331 e. The summed E-state index contributed by atoms with van der Waals surface area (Å²) in [6, 6.07) is 3.83. The monoisotopic (exact) mass is 297 g/mol. The van der Waals surface area contributed by atoms with Gasteiger partial charge in [0.15, 0.2) is 6.61 Å². The molecule has 0 fully saturated rings. The zero-order valence-corrected chi connectivity index (χ0v) is 11.5. The van der Waals surface area contributed by atoms with Crippen LogP contribution in [0, 0.1) is 5.82 Å². The van der Waals surface area contributed by atoms with Crippen LogP contribution in [0.25, 0.3) is 0 Å². The molecule has 20 heavy (non-hydrogen) atoms. The summed E-state index contributed by atoms with van der Waals surface area (Å²) in [5, 5.41) is 2.50. The van der Waals surface area contributed by atoms with E-state index in [0.29, 0.717) is 0 Å². The number of esters is 1. The molecule has 0 heterocycles. The van der Waals surface area contributed by atoms with E-state index >= 15 is 0 Å². The third kappa shape index (κ3) is 5.67. The fourth-order valence-corrected chi connectivity index (χ4v) is 1.37. The Kier molecular flexibility index (Phi) is 6.46. The SMILES string of the molecule is C/C=C/C=C/C(=O)OCC(=O)Nc1ccc(Cl)cc1F. The molecule has 0 saturated carbocycles. The predicted molar refractivity (Wildman–Crippen MR) is 75.0 cm³/mol. The Morgan fingerprint density at radius 3 is 2.80 bits per heavy atom. The van der Waals surface area contributed by atoms with Gasteiger partial charge in [0.2, 0.25) is 0 Å². The normalized spacial score (nSPS) is 10.9. The molecule has 0 unspecified atom stereocenters. The molecule has 1 rings (SSSR count). The molecule has 6 heteroatoms. The highest BCUT2D eigenvalue weighted by molar-refractivity contribution is 6.30. The number of amides is 1. The largest absolute Gasteiger partial charge is 0.452 e. The van der Waals surface area contributed by atoms with Gasteiger partial charge in [-0.2, -0.15) is 0 Å². The average Bonchev–Trinajstić information content (AvgIpc) is 2.40. The molecule has 0 atom stereocenters. The van der Waals surface area contributed by atoms with Crippen LogP contribution in [0.3, 0.4) is 0 Å². The van der Waals surface area contributed by atoms with Gasteiger partial charge in [-0.15, -0.1) is 0 Å². The second-order valence-electron chi connectivity index (χ2n) is 3.66. The Bertz CT molecular complexity index is 555. The summed E-state index contributed by atoms with van der Waals surface area (Å²) in [5.41, 5.74) is -0.0279. The van der Waals surface area contributed by atoms with Crippen LogP contribution in [-0.4, -0.2) is 18.5 Å². The number of nitrogens with one attached hydrogen (secondary N) is 1. The standard InChI is InChI=1S/C14H13ClFNO3/c1-2-3-4-5-14(19)20-9-13(18)17-12-7-6-10(15)8-11(12)16/h2-8H,9H2,1H3,(H,17,18)/b3-2+,5-4+. The lowest BCUT2D eigenvalue weighted by Crippen LogP contribution is -2.20. The zero-order valence-electron chi connectivity index (χ0n) is 10.7. The number of hydrogen-bond donors (Lipinski definition) is 1. The van der Waals surface area contributed by atoms with Crippen LogP contribution in [0.1, 0.15) is 6.92 Å². The van der Waals surface area contributed by atoms with Gasteiger partial charge in [0.05, 0.1) is 5.69 Å². The summed E-state index contributed by atoms with van der Waals surface area (Å²) in [5.74, 6) is -1.96. The van der Waals surface area contributed by atoms with Gasteiger partial charge in [-0.3, -0.25) is 4.79 Å². The van der Waals surface area contributed by atoms with Crippen molar-refractivity contribution in [2.75, 3.05) is 11.9 Å². The van der Waals surface area contributed by atoms with Gasteiger partial charge in [-0.05, 0) is 25.1 Å². The third-order valence-electron chi connectivity index (χ3n) is 2.09. The smallest absolute Gasteiger partial charge is 0.331 e. The molecule has 0 aromatic heterocycles. The van der Waals surface area contributed by atoms with Crippen LogP contribution >= 0.6 is 11.6 Å². The van der Waals surface area contributed by atoms with Gasteiger partial charge >= 0.3 is 5.97 Å². The van der Waals surface area contributed by atoms with E-state index in [9.17, 15) is 14.0 Å². The van der Waals surface area contributed by atoms with Crippen molar-refractivity contribution in [3.05, 3.63) is 53.3 Å². The van der Waals surface area contributed by atoms with Crippen molar-refractivity contribution in [1.29, 1.82) is 0 Å². The molecule has 1 N–H and O–H groups in total. The highest BCUT2D eigenvalue weighted by Crippen LogP contribution is 2.18. The van der Waals surface area contributed by atoms with Crippen LogP contribution in [0.15, 0.2) is 42.5 Å². The second kappa shape index (κ2) is 8.12. The quantitative estimate of drug-likeness (QED) is 0.516. The number of carbonyl (C=O) groups excluding carboxylic acids is 2. The number of benzene rings is 1. The highest BCUT2D eigenvalue weighted by Gasteiger charge is 2.09. The molecule has 0 radical (unpaired) electrons. The van der Waals surface area contributed by atoms with Crippen LogP contribution in [0.2, 0.25) is 5.02 Å². The maximum atomic E-state index is 13.4. The van der Waals surface area contributed by atoms with Crippen molar-refractivity contribution in [2.24, 2.45) is 0 Å². The van der Waals surface area contributed by atoms with Gasteiger partial charge in [0.25, 0.3) is 5.91 Å². The van der Waals surface area contributed by atoms with Crippen molar-refractivity contribution in [3.8, 4) is 0 Å². The van der Waals surface area contributed by atoms with Gasteiger partial charge in [-0.1, -0.05) is 29.8 Å². The lowest BCUT2D eigenvalue weighted by molar-refractivity contribution is -0.142. The third-order valence-corrected chi connectivity index (χ3v) is 2.32. The minimum Gasteiger partial charge on any atom is -0.452 e. The topological polar surface area (TPSA) is 55.4 Å². The van der Waals surface area contributed by atoms with Crippen LogP contribution in [0.5, 0.6) is 0 Å². The predicted octanol–water partition coefficient (Wildman–Crippen LogP) is 3.09. The average molecular weight is 298 g/mol. The number of ether oxygens (including phenoxy) is 1. The molecule has 1 amide bonds. The highest BCUT2D eigenvalue weighted by atomic mass is 35.5. The van der Waals surface area contributed by atoms with Crippen molar-refractivity contribution < 1.29 is 18.7 Å². The first-order valence-corrected chi connectivity index (χ1v) is 6.11. The fraction of sp³-hybridized carbons (Fsp3) is 0.143. The summed E-state index contributed by atoms with van der Waals surface area (Å²) < 4.78 is 18.1. The first-order valence-electron chi connectivity index (χ1n) is 5.74. The first kappa shape index (κ1) is 15.9. The molecule has 1 aromatic rings. The van der Waals surface area contributed by atoms with Gasteiger partial charge in [-0.25, -0.2) is 9.18 Å². The van der Waals surface area contributed by atoms with Gasteiger partial charge < -0.3 is 10.1 Å². The second-order valence-corrected chi connectivity index (χ2v) is 4.10. The van der Waals surface area contributed by atoms with Gasteiger partial charge in [0.1, 0.15) is 5.82 Å². The Hall–Kier alpha value is -2.14. The van der Waals surface area contributed by atoms with E-state index in [-0.39, 0.29) is 10.7 Å². The summed E-state index contributed by atoms with van der Waals surface area (Å²) in [6.07, 6.45) is 6.04. The molecule has 106 valence electrons. The number of hydrogen-bond acceptors (Lipinski definition) is 3. The van der Waals surface area contributed by atoms with Crippen LogP contribution in [0.4, 0.5) is 10.1 Å². The van der Waals surface area contributed by atoms with Crippen LogP contribution < -0.4 is 5.32 Å². The number of allylic oxidation sites excluding steroid dienone is 3. The lowest BCUT2D eigenvalue weighted by atomic mass is 10.3. The first-order chi connectivity index (χ1) is 9.52. The summed E-state index contributed by atoms with van der Waals surface area (Å²) in [4.78, 5) is 22.6. The van der Waals surface area contributed by atoms with E-state index < -0.39 is 24.3 Å². The van der Waals surface area contributed by atoms with Crippen LogP contribution in [-0.2, 0) is 14.3 Å². The number of halogens is 2. The summed E-state index contributed by atoms with van der Waals surface area (Å²) in [6.45, 7) is 1.30. The Morgan fingerprint density at radius 1 is 1.40 bits per heavy atom. The lowest BCUT2D eigenvalue weighted by Gasteiger charge is -2.06. The molecule has 0 aliphatic heterocycles. The van der Waals surface area contributed by atoms with E-state index in [2.05, 4.69) is 10.1 Å². The maximum absolute atomic E-state index is 13.4. The van der Waals surface area contributed by atoms with E-state index in [4.69, 9.17) is 11.6 Å². The van der Waals surface area contributed by atoms with Crippen molar-refractivity contribution >= 4 is 29.2 Å². The molecule has 0 saturated heterocycles. The van der Waals surface area contributed by atoms with E-state index in [0.717, 1.165) is 6.07 Å². The number of carbonyl (C=O) groups is 2. The van der Waals surface area contributed by atoms with Crippen molar-refractivity contribution in [3.63, 3.8) is 0 Å². The zero-order chi connectivity index (χ0) is 15.0. The molecular formula is C14H13ClFNO3. The fourth-order valence-electron chi connectivity index (χ4n) is 1.21. The molecule has 0 aliphatic rings. The molecule has 0 spiro atoms. The molecule has 0 aliphatic carbocycles. The summed E-state index contributed by atoms with van der Waals surface area (Å²) >= 11 is 5.58. The Labute approximate surface area is 120 Å². The van der Waals surface area contributed by atoms with Gasteiger partial charge in [0, 0.05) is 11.1 Å². The summed E-state index contributed by atoms with van der Waals surface area (Å²) in [7, 11) is 0. The molecule has 0 bridgehead atoms. The minimum atomic E-state index is -0.662. The molecule has 1 aromatic carbocycles.